The molecule has 0 radical (unpaired) electrons. The van der Waals surface area contributed by atoms with Crippen LogP contribution in [0.5, 0.6) is 11.6 Å². The van der Waals surface area contributed by atoms with Crippen molar-refractivity contribution in [2.24, 2.45) is 0 Å². The fourth-order valence-corrected chi connectivity index (χ4v) is 1.47. The lowest BCUT2D eigenvalue weighted by atomic mass is 9.96. The minimum Gasteiger partial charge on any atom is -0.437 e. The van der Waals surface area contributed by atoms with Gasteiger partial charge in [0.2, 0.25) is 5.88 Å². The van der Waals surface area contributed by atoms with E-state index in [1.807, 2.05) is 39.8 Å². The van der Waals surface area contributed by atoms with Crippen LogP contribution in [0.4, 0.5) is 5.82 Å². The summed E-state index contributed by atoms with van der Waals surface area (Å²) in [4.78, 5) is 12.8. The topological polar surface area (TPSA) is 73.9 Å². The molecule has 19 heavy (non-hydrogen) atoms. The molecule has 0 atom stereocenters. The average molecular weight is 258 g/mol. The highest BCUT2D eigenvalue weighted by Gasteiger charge is 2.19. The molecule has 0 amide bonds. The number of rotatable bonds is 2. The summed E-state index contributed by atoms with van der Waals surface area (Å²) in [5, 5.41) is 0. The highest BCUT2D eigenvalue weighted by atomic mass is 16.5. The van der Waals surface area contributed by atoms with E-state index in [-0.39, 0.29) is 5.41 Å². The maximum absolute atomic E-state index is 5.79. The maximum atomic E-state index is 5.79. The third-order valence-electron chi connectivity index (χ3n) is 2.50. The van der Waals surface area contributed by atoms with E-state index in [2.05, 4.69) is 15.0 Å². The summed E-state index contributed by atoms with van der Waals surface area (Å²) in [6, 6.07) is 5.33. The maximum Gasteiger partial charge on any atom is 0.224 e. The van der Waals surface area contributed by atoms with Crippen molar-refractivity contribution >= 4 is 5.82 Å². The number of hydrogen-bond donors (Lipinski definition) is 1. The molecule has 5 nitrogen and oxygen atoms in total. The molecule has 0 aliphatic heterocycles. The Morgan fingerprint density at radius 2 is 1.89 bits per heavy atom. The molecule has 0 aliphatic rings. The first-order valence-corrected chi connectivity index (χ1v) is 6.10. The monoisotopic (exact) mass is 258 g/mol. The van der Waals surface area contributed by atoms with Crippen molar-refractivity contribution in [3.05, 3.63) is 35.9 Å². The van der Waals surface area contributed by atoms with E-state index >= 15 is 0 Å². The Morgan fingerprint density at radius 3 is 2.47 bits per heavy atom. The number of aryl methyl sites for hydroxylation is 1. The van der Waals surface area contributed by atoms with Gasteiger partial charge in [-0.25, -0.2) is 4.98 Å². The van der Waals surface area contributed by atoms with Crippen molar-refractivity contribution in [3.8, 4) is 11.6 Å². The largest absolute Gasteiger partial charge is 0.437 e. The smallest absolute Gasteiger partial charge is 0.224 e. The Kier molecular flexibility index (Phi) is 3.38. The minimum absolute atomic E-state index is 0.182. The van der Waals surface area contributed by atoms with Gasteiger partial charge < -0.3 is 10.5 Å². The summed E-state index contributed by atoms with van der Waals surface area (Å²) in [6.45, 7) is 8.00. The highest BCUT2D eigenvalue weighted by molar-refractivity contribution is 5.36. The lowest BCUT2D eigenvalue weighted by molar-refractivity contribution is 0.444. The molecule has 0 aromatic carbocycles. The molecular weight excluding hydrogens is 240 g/mol. The first-order chi connectivity index (χ1) is 8.84. The first kappa shape index (κ1) is 13.3. The molecule has 2 rings (SSSR count). The normalized spacial score (nSPS) is 11.4. The fraction of sp³-hybridized carbons (Fsp3) is 0.357. The fourth-order valence-electron chi connectivity index (χ4n) is 1.47. The van der Waals surface area contributed by atoms with Gasteiger partial charge >= 0.3 is 0 Å². The molecule has 0 fully saturated rings. The molecule has 0 saturated heterocycles. The van der Waals surface area contributed by atoms with Gasteiger partial charge in [-0.3, -0.25) is 4.98 Å². The molecule has 100 valence electrons. The summed E-state index contributed by atoms with van der Waals surface area (Å²) in [5.41, 5.74) is 6.54. The van der Waals surface area contributed by atoms with Crippen LogP contribution in [0.15, 0.2) is 24.4 Å². The molecule has 0 unspecified atom stereocenters. The number of nitrogens with two attached hydrogens (primary N) is 1. The van der Waals surface area contributed by atoms with E-state index in [0.717, 1.165) is 5.69 Å². The number of aromatic nitrogens is 3. The number of pyridine rings is 1. The van der Waals surface area contributed by atoms with Gasteiger partial charge in [0.1, 0.15) is 17.4 Å². The molecule has 2 N–H and O–H groups in total. The summed E-state index contributed by atoms with van der Waals surface area (Å²) in [5.74, 6) is 2.12. The van der Waals surface area contributed by atoms with E-state index in [4.69, 9.17) is 10.5 Å². The molecule has 5 heteroatoms. The standard InChI is InChI=1S/C14H18N4O/c1-9-5-6-10(8-16-9)19-12-7-11(15)17-13(18-12)14(2,3)4/h5-8H,1-4H3,(H2,15,17,18). The van der Waals surface area contributed by atoms with Gasteiger partial charge in [-0.1, -0.05) is 20.8 Å². The van der Waals surface area contributed by atoms with E-state index < -0.39 is 0 Å². The van der Waals surface area contributed by atoms with Crippen molar-refractivity contribution < 1.29 is 4.74 Å². The lowest BCUT2D eigenvalue weighted by Gasteiger charge is -2.17. The van der Waals surface area contributed by atoms with Gasteiger partial charge in [-0.05, 0) is 19.1 Å². The van der Waals surface area contributed by atoms with Crippen molar-refractivity contribution in [3.63, 3.8) is 0 Å². The lowest BCUT2D eigenvalue weighted by Crippen LogP contribution is -2.17. The van der Waals surface area contributed by atoms with Gasteiger partial charge in [0.15, 0.2) is 0 Å². The predicted octanol–water partition coefficient (Wildman–Crippen LogP) is 2.85. The van der Waals surface area contributed by atoms with Gasteiger partial charge in [0.25, 0.3) is 0 Å². The molecule has 2 heterocycles. The molecule has 0 saturated carbocycles. The molecule has 0 aliphatic carbocycles. The van der Waals surface area contributed by atoms with E-state index in [9.17, 15) is 0 Å². The van der Waals surface area contributed by atoms with E-state index in [1.165, 1.54) is 0 Å². The van der Waals surface area contributed by atoms with Crippen LogP contribution in [-0.2, 0) is 5.41 Å². The number of nitrogen functional groups attached to an aromatic ring is 1. The molecular formula is C14H18N4O. The molecule has 0 spiro atoms. The summed E-state index contributed by atoms with van der Waals surface area (Å²) < 4.78 is 5.66. The third kappa shape index (κ3) is 3.40. The Hall–Kier alpha value is -2.17. The second kappa shape index (κ2) is 4.84. The predicted molar refractivity (Wildman–Crippen MR) is 74.2 cm³/mol. The van der Waals surface area contributed by atoms with Crippen LogP contribution < -0.4 is 10.5 Å². The Bertz CT molecular complexity index is 573. The van der Waals surface area contributed by atoms with E-state index in [1.54, 1.807) is 12.3 Å². The number of hydrogen-bond acceptors (Lipinski definition) is 5. The van der Waals surface area contributed by atoms with Gasteiger partial charge in [-0.15, -0.1) is 0 Å². The zero-order valence-corrected chi connectivity index (χ0v) is 11.6. The van der Waals surface area contributed by atoms with Crippen LogP contribution in [0.25, 0.3) is 0 Å². The summed E-state index contributed by atoms with van der Waals surface area (Å²) in [7, 11) is 0. The first-order valence-electron chi connectivity index (χ1n) is 6.10. The van der Waals surface area contributed by atoms with Crippen LogP contribution in [0.1, 0.15) is 32.3 Å². The minimum atomic E-state index is -0.182. The average Bonchev–Trinajstić information content (AvgIpc) is 2.30. The van der Waals surface area contributed by atoms with Crippen LogP contribution in [0.3, 0.4) is 0 Å². The number of nitrogens with zero attached hydrogens (tertiary/aromatic N) is 3. The highest BCUT2D eigenvalue weighted by Crippen LogP contribution is 2.25. The number of anilines is 1. The Morgan fingerprint density at radius 1 is 1.16 bits per heavy atom. The van der Waals surface area contributed by atoms with Gasteiger partial charge in [-0.2, -0.15) is 4.98 Å². The van der Waals surface area contributed by atoms with Crippen molar-refractivity contribution in [2.45, 2.75) is 33.1 Å². The quantitative estimate of drug-likeness (QED) is 0.896. The second-order valence-corrected chi connectivity index (χ2v) is 5.44. The number of ether oxygens (including phenoxy) is 1. The summed E-state index contributed by atoms with van der Waals surface area (Å²) >= 11 is 0. The van der Waals surface area contributed by atoms with Crippen molar-refractivity contribution in [1.29, 1.82) is 0 Å². The Balaban J connectivity index is 2.30. The van der Waals surface area contributed by atoms with Gasteiger partial charge in [0.05, 0.1) is 6.20 Å². The van der Waals surface area contributed by atoms with E-state index in [0.29, 0.717) is 23.3 Å². The second-order valence-electron chi connectivity index (χ2n) is 5.44. The third-order valence-corrected chi connectivity index (χ3v) is 2.50. The van der Waals surface area contributed by atoms with Crippen molar-refractivity contribution in [1.82, 2.24) is 15.0 Å². The zero-order chi connectivity index (χ0) is 14.0. The molecule has 0 bridgehead atoms. The van der Waals surface area contributed by atoms with Crippen LogP contribution >= 0.6 is 0 Å². The van der Waals surface area contributed by atoms with Crippen LogP contribution in [0, 0.1) is 6.92 Å². The molecule has 2 aromatic heterocycles. The molecule has 2 aromatic rings. The van der Waals surface area contributed by atoms with Crippen molar-refractivity contribution in [2.75, 3.05) is 5.73 Å². The van der Waals surface area contributed by atoms with Crippen LogP contribution in [0.2, 0.25) is 0 Å². The van der Waals surface area contributed by atoms with Gasteiger partial charge in [0, 0.05) is 17.2 Å². The Labute approximate surface area is 112 Å². The summed E-state index contributed by atoms with van der Waals surface area (Å²) in [6.07, 6.45) is 1.66. The zero-order valence-electron chi connectivity index (χ0n) is 11.6. The SMILES string of the molecule is Cc1ccc(Oc2cc(N)nc(C(C)(C)C)n2)cn1. The van der Waals surface area contributed by atoms with Crippen LogP contribution in [-0.4, -0.2) is 15.0 Å².